The number of hydrogen-bond acceptors (Lipinski definition) is 3. The Morgan fingerprint density at radius 1 is 1.07 bits per heavy atom. The van der Waals surface area contributed by atoms with Gasteiger partial charge in [0.15, 0.2) is 0 Å². The second-order valence-corrected chi connectivity index (χ2v) is 2.80. The fraction of sp³-hybridized carbons (Fsp3) is 0. The Hall–Kier alpha value is -2.39. The Bertz CT molecular complexity index is 573. The van der Waals surface area contributed by atoms with Gasteiger partial charge in [-0.15, -0.1) is 0 Å². The van der Waals surface area contributed by atoms with E-state index in [9.17, 15) is 0 Å². The molecule has 2 aromatic rings. The van der Waals surface area contributed by atoms with Crippen molar-refractivity contribution in [2.75, 3.05) is 0 Å². The van der Waals surface area contributed by atoms with E-state index < -0.39 is 0 Å². The minimum absolute atomic E-state index is 0.278. The van der Waals surface area contributed by atoms with Crippen molar-refractivity contribution in [3.63, 3.8) is 0 Å². The summed E-state index contributed by atoms with van der Waals surface area (Å²) in [5, 5.41) is 19.2. The number of rotatable bonds is 0. The van der Waals surface area contributed by atoms with Gasteiger partial charge in [0, 0.05) is 5.39 Å². The van der Waals surface area contributed by atoms with Gasteiger partial charge in [0.05, 0.1) is 0 Å². The summed E-state index contributed by atoms with van der Waals surface area (Å²) in [6.45, 7) is 0. The second-order valence-electron chi connectivity index (χ2n) is 2.80. The third-order valence-electron chi connectivity index (χ3n) is 1.96. The molecule has 0 spiro atoms. The molecule has 0 unspecified atom stereocenters. The van der Waals surface area contributed by atoms with Crippen LogP contribution in [0.25, 0.3) is 10.8 Å². The minimum atomic E-state index is 0.278. The molecule has 2 rings (SSSR count). The number of hydrogen-bond donors (Lipinski definition) is 0. The first kappa shape index (κ1) is 8.22. The molecule has 0 fully saturated rings. The Morgan fingerprint density at radius 2 is 1.86 bits per heavy atom. The molecular formula is C11H5N3. The summed E-state index contributed by atoms with van der Waals surface area (Å²) in [5.74, 6) is 0. The van der Waals surface area contributed by atoms with Crippen molar-refractivity contribution in [3.8, 4) is 12.1 Å². The molecule has 0 aliphatic carbocycles. The Kier molecular flexibility index (Phi) is 1.86. The minimum Gasteiger partial charge on any atom is -0.226 e. The Morgan fingerprint density at radius 3 is 2.57 bits per heavy atom. The second kappa shape index (κ2) is 3.16. The topological polar surface area (TPSA) is 60.5 Å². The van der Waals surface area contributed by atoms with E-state index in [0.717, 1.165) is 10.8 Å². The highest BCUT2D eigenvalue weighted by atomic mass is 14.7. The van der Waals surface area contributed by atoms with Crippen LogP contribution in [0.2, 0.25) is 0 Å². The molecule has 0 atom stereocenters. The van der Waals surface area contributed by atoms with E-state index in [1.807, 2.05) is 36.4 Å². The fourth-order valence-corrected chi connectivity index (χ4v) is 1.34. The monoisotopic (exact) mass is 179 g/mol. The molecule has 64 valence electrons. The van der Waals surface area contributed by atoms with E-state index in [4.69, 9.17) is 10.5 Å². The van der Waals surface area contributed by atoms with Crippen molar-refractivity contribution in [2.24, 2.45) is 0 Å². The van der Waals surface area contributed by atoms with Crippen LogP contribution >= 0.6 is 0 Å². The van der Waals surface area contributed by atoms with Gasteiger partial charge in [-0.25, -0.2) is 4.98 Å². The standard InChI is InChI=1S/C11H5N3/c12-6-9-5-8-3-1-2-4-10(8)11(7-13)14-9/h1-5H. The fourth-order valence-electron chi connectivity index (χ4n) is 1.34. The summed E-state index contributed by atoms with van der Waals surface area (Å²) in [5.41, 5.74) is 0.583. The van der Waals surface area contributed by atoms with Crippen LogP contribution in [0, 0.1) is 22.7 Å². The molecule has 0 N–H and O–H groups in total. The molecule has 0 saturated heterocycles. The normalized spacial score (nSPS) is 9.29. The molecule has 0 saturated carbocycles. The van der Waals surface area contributed by atoms with Gasteiger partial charge >= 0.3 is 0 Å². The molecule has 0 aliphatic heterocycles. The van der Waals surface area contributed by atoms with Gasteiger partial charge in [0.25, 0.3) is 0 Å². The van der Waals surface area contributed by atoms with E-state index in [-0.39, 0.29) is 5.69 Å². The third-order valence-corrected chi connectivity index (χ3v) is 1.96. The predicted molar refractivity (Wildman–Crippen MR) is 51.2 cm³/mol. The maximum Gasteiger partial charge on any atom is 0.149 e. The summed E-state index contributed by atoms with van der Waals surface area (Å²) >= 11 is 0. The third kappa shape index (κ3) is 1.18. The first-order chi connectivity index (χ1) is 6.85. The van der Waals surface area contributed by atoms with Crippen LogP contribution in [0.1, 0.15) is 11.4 Å². The van der Waals surface area contributed by atoms with E-state index in [1.165, 1.54) is 0 Å². The van der Waals surface area contributed by atoms with Crippen molar-refractivity contribution < 1.29 is 0 Å². The largest absolute Gasteiger partial charge is 0.226 e. The van der Waals surface area contributed by atoms with Gasteiger partial charge < -0.3 is 0 Å². The molecule has 1 aromatic carbocycles. The molecule has 14 heavy (non-hydrogen) atoms. The first-order valence-electron chi connectivity index (χ1n) is 4.05. The predicted octanol–water partition coefficient (Wildman–Crippen LogP) is 1.98. The van der Waals surface area contributed by atoms with Crippen LogP contribution in [0.15, 0.2) is 30.3 Å². The quantitative estimate of drug-likeness (QED) is 0.621. The highest BCUT2D eigenvalue weighted by molar-refractivity contribution is 5.87. The van der Waals surface area contributed by atoms with Gasteiger partial charge in [0.2, 0.25) is 0 Å². The first-order valence-corrected chi connectivity index (χ1v) is 4.05. The smallest absolute Gasteiger partial charge is 0.149 e. The van der Waals surface area contributed by atoms with Crippen molar-refractivity contribution >= 4 is 10.8 Å². The van der Waals surface area contributed by atoms with Crippen molar-refractivity contribution in [3.05, 3.63) is 41.7 Å². The summed E-state index contributed by atoms with van der Waals surface area (Å²) < 4.78 is 0. The Balaban J connectivity index is 2.90. The lowest BCUT2D eigenvalue weighted by Crippen LogP contribution is -1.89. The molecule has 0 amide bonds. The molecule has 0 bridgehead atoms. The maximum absolute atomic E-state index is 8.83. The zero-order valence-corrected chi connectivity index (χ0v) is 7.23. The van der Waals surface area contributed by atoms with Gasteiger partial charge in [-0.05, 0) is 11.5 Å². The summed E-state index contributed by atoms with van der Waals surface area (Å²) in [6.07, 6.45) is 0. The highest BCUT2D eigenvalue weighted by Gasteiger charge is 2.03. The summed E-state index contributed by atoms with van der Waals surface area (Å²) in [6, 6.07) is 13.0. The highest BCUT2D eigenvalue weighted by Crippen LogP contribution is 2.17. The Labute approximate surface area is 80.8 Å². The molecular weight excluding hydrogens is 174 g/mol. The zero-order valence-electron chi connectivity index (χ0n) is 7.23. The number of fused-ring (bicyclic) bond motifs is 1. The number of nitrogens with zero attached hydrogens (tertiary/aromatic N) is 3. The summed E-state index contributed by atoms with van der Waals surface area (Å²) in [7, 11) is 0. The maximum atomic E-state index is 8.83. The molecule has 3 nitrogen and oxygen atoms in total. The van der Waals surface area contributed by atoms with E-state index in [1.54, 1.807) is 6.07 Å². The molecule has 1 aromatic heterocycles. The van der Waals surface area contributed by atoms with E-state index in [2.05, 4.69) is 4.98 Å². The number of nitriles is 2. The van der Waals surface area contributed by atoms with Gasteiger partial charge in [-0.3, -0.25) is 0 Å². The number of aromatic nitrogens is 1. The SMILES string of the molecule is N#Cc1cc2ccccc2c(C#N)n1. The number of pyridine rings is 1. The van der Waals surface area contributed by atoms with Crippen LogP contribution in [0.4, 0.5) is 0 Å². The molecule has 0 radical (unpaired) electrons. The van der Waals surface area contributed by atoms with Gasteiger partial charge in [-0.1, -0.05) is 24.3 Å². The van der Waals surface area contributed by atoms with Crippen LogP contribution in [-0.2, 0) is 0 Å². The van der Waals surface area contributed by atoms with Crippen molar-refractivity contribution in [2.45, 2.75) is 0 Å². The zero-order chi connectivity index (χ0) is 9.97. The summed E-state index contributed by atoms with van der Waals surface area (Å²) in [4.78, 5) is 3.92. The average Bonchev–Trinajstić information content (AvgIpc) is 2.27. The van der Waals surface area contributed by atoms with Crippen LogP contribution in [0.5, 0.6) is 0 Å². The van der Waals surface area contributed by atoms with Crippen LogP contribution in [0.3, 0.4) is 0 Å². The van der Waals surface area contributed by atoms with Crippen LogP contribution in [-0.4, -0.2) is 4.98 Å². The lowest BCUT2D eigenvalue weighted by Gasteiger charge is -1.98. The van der Waals surface area contributed by atoms with E-state index in [0.29, 0.717) is 5.69 Å². The van der Waals surface area contributed by atoms with Gasteiger partial charge in [-0.2, -0.15) is 10.5 Å². The van der Waals surface area contributed by atoms with Crippen molar-refractivity contribution in [1.29, 1.82) is 10.5 Å². The number of benzene rings is 1. The molecule has 0 aliphatic rings. The lowest BCUT2D eigenvalue weighted by atomic mass is 10.1. The van der Waals surface area contributed by atoms with Gasteiger partial charge in [0.1, 0.15) is 23.5 Å². The van der Waals surface area contributed by atoms with Crippen LogP contribution < -0.4 is 0 Å². The average molecular weight is 179 g/mol. The van der Waals surface area contributed by atoms with Crippen molar-refractivity contribution in [1.82, 2.24) is 4.98 Å². The molecule has 1 heterocycles. The molecule has 3 heteroatoms. The lowest BCUT2D eigenvalue weighted by molar-refractivity contribution is 1.25. The van der Waals surface area contributed by atoms with E-state index >= 15 is 0 Å².